The van der Waals surface area contributed by atoms with E-state index < -0.39 is 0 Å². The molecule has 0 aromatic carbocycles. The van der Waals surface area contributed by atoms with Gasteiger partial charge in [0.05, 0.1) is 4.90 Å². The van der Waals surface area contributed by atoms with Gasteiger partial charge in [0.2, 0.25) is 0 Å². The number of methoxy groups -OCH3 is 1. The lowest BCUT2D eigenvalue weighted by Crippen LogP contribution is -2.18. The quantitative estimate of drug-likeness (QED) is 0.479. The van der Waals surface area contributed by atoms with Crippen LogP contribution in [-0.2, 0) is 4.74 Å². The zero-order valence-electron chi connectivity index (χ0n) is 11.6. The molecule has 0 fully saturated rings. The Morgan fingerprint density at radius 1 is 1.50 bits per heavy atom. The minimum atomic E-state index is 0.358. The minimum absolute atomic E-state index is 0.358. The predicted octanol–water partition coefficient (Wildman–Crippen LogP) is 2.79. The number of hydrogen-bond donors (Lipinski definition) is 0. The van der Waals surface area contributed by atoms with Crippen molar-refractivity contribution in [2.45, 2.75) is 18.7 Å². The molecule has 2 rings (SSSR count). The highest BCUT2D eigenvalue weighted by atomic mass is 32.2. The van der Waals surface area contributed by atoms with Crippen molar-refractivity contribution in [3.05, 3.63) is 35.3 Å². The number of terminal acetylenes is 1. The Labute approximate surface area is 122 Å². The van der Waals surface area contributed by atoms with Gasteiger partial charge >= 0.3 is 0 Å². The molecule has 0 radical (unpaired) electrons. The Hall–Kier alpha value is -1.97. The average Bonchev–Trinajstić information content (AvgIpc) is 2.79. The highest BCUT2D eigenvalue weighted by molar-refractivity contribution is 8.00. The van der Waals surface area contributed by atoms with Gasteiger partial charge in [-0.15, -0.1) is 6.42 Å². The zero-order valence-corrected chi connectivity index (χ0v) is 12.4. The summed E-state index contributed by atoms with van der Waals surface area (Å²) in [7, 11) is 1.63. The molecule has 0 bridgehead atoms. The molecule has 0 amide bonds. The molecule has 5 nitrogen and oxygen atoms in total. The maximum absolute atomic E-state index is 5.46. The van der Waals surface area contributed by atoms with E-state index in [1.54, 1.807) is 13.3 Å². The summed E-state index contributed by atoms with van der Waals surface area (Å²) >= 11 is 1.43. The monoisotopic (exact) mass is 289 g/mol. The highest BCUT2D eigenvalue weighted by Gasteiger charge is 2.18. The number of nitrogens with zero attached hydrogens (tertiary/aromatic N) is 3. The Morgan fingerprint density at radius 3 is 2.90 bits per heavy atom. The normalized spacial score (nSPS) is 10.3. The van der Waals surface area contributed by atoms with E-state index in [4.69, 9.17) is 15.7 Å². The number of aryl methyl sites for hydroxylation is 1. The third-order valence-electron chi connectivity index (χ3n) is 2.73. The maximum atomic E-state index is 5.46. The Bertz CT molecular complexity index is 634. The van der Waals surface area contributed by atoms with Crippen LogP contribution in [0.3, 0.4) is 0 Å². The van der Waals surface area contributed by atoms with Crippen LogP contribution < -0.4 is 4.31 Å². The van der Waals surface area contributed by atoms with E-state index in [1.807, 2.05) is 30.3 Å². The molecule has 0 saturated carbocycles. The Kier molecular flexibility index (Phi) is 4.66. The molecule has 0 aliphatic carbocycles. The molecule has 0 spiro atoms. The summed E-state index contributed by atoms with van der Waals surface area (Å²) in [6.07, 6.45) is 7.14. The summed E-state index contributed by atoms with van der Waals surface area (Å²) in [5.41, 5.74) is 1.57. The number of ether oxygens (including phenoxy) is 1. The van der Waals surface area contributed by atoms with E-state index in [2.05, 4.69) is 16.1 Å². The van der Waals surface area contributed by atoms with Crippen molar-refractivity contribution in [1.29, 1.82) is 0 Å². The Morgan fingerprint density at radius 2 is 2.30 bits per heavy atom. The predicted molar refractivity (Wildman–Crippen MR) is 78.4 cm³/mol. The average molecular weight is 289 g/mol. The molecule has 0 N–H and O–H groups in total. The Balaban J connectivity index is 2.31. The van der Waals surface area contributed by atoms with Crippen molar-refractivity contribution < 1.29 is 9.26 Å². The van der Waals surface area contributed by atoms with Crippen LogP contribution in [0.1, 0.15) is 17.0 Å². The molecule has 2 aromatic rings. The lowest BCUT2D eigenvalue weighted by atomic mass is 10.3. The lowest BCUT2D eigenvalue weighted by molar-refractivity contribution is 0.210. The second-order valence-corrected chi connectivity index (χ2v) is 5.13. The van der Waals surface area contributed by atoms with Crippen LogP contribution in [0.4, 0.5) is 5.82 Å². The van der Waals surface area contributed by atoms with Crippen LogP contribution in [0.5, 0.6) is 0 Å². The molecule has 104 valence electrons. The second kappa shape index (κ2) is 6.46. The summed E-state index contributed by atoms with van der Waals surface area (Å²) < 4.78 is 12.3. The van der Waals surface area contributed by atoms with Crippen LogP contribution >= 0.6 is 11.9 Å². The lowest BCUT2D eigenvalue weighted by Gasteiger charge is -2.20. The van der Waals surface area contributed by atoms with Crippen molar-refractivity contribution >= 4 is 17.8 Å². The summed E-state index contributed by atoms with van der Waals surface area (Å²) in [6, 6.07) is 3.76. The van der Waals surface area contributed by atoms with Gasteiger partial charge in [-0.1, -0.05) is 5.16 Å². The molecule has 2 heterocycles. The van der Waals surface area contributed by atoms with Gasteiger partial charge in [0.25, 0.3) is 0 Å². The molecule has 0 aliphatic heterocycles. The topological polar surface area (TPSA) is 51.4 Å². The van der Waals surface area contributed by atoms with Gasteiger partial charge in [0.1, 0.15) is 18.2 Å². The third kappa shape index (κ3) is 2.95. The first kappa shape index (κ1) is 14.4. The van der Waals surface area contributed by atoms with E-state index in [0.717, 1.165) is 22.0 Å². The number of hydrogen-bond acceptors (Lipinski definition) is 6. The van der Waals surface area contributed by atoms with Gasteiger partial charge in [0, 0.05) is 18.9 Å². The van der Waals surface area contributed by atoms with E-state index in [1.165, 1.54) is 11.9 Å². The number of pyridine rings is 1. The number of rotatable bonds is 5. The fourth-order valence-corrected chi connectivity index (χ4v) is 2.57. The molecule has 20 heavy (non-hydrogen) atoms. The van der Waals surface area contributed by atoms with Gasteiger partial charge in [-0.2, -0.15) is 0 Å². The second-order valence-electron chi connectivity index (χ2n) is 4.07. The molecule has 0 aliphatic rings. The molecule has 0 atom stereocenters. The maximum Gasteiger partial charge on any atom is 0.187 e. The first-order valence-electron chi connectivity index (χ1n) is 5.96. The fraction of sp³-hybridized carbons (Fsp3) is 0.286. The smallest absolute Gasteiger partial charge is 0.187 e. The number of aromatic nitrogens is 2. The first-order valence-corrected chi connectivity index (χ1v) is 6.73. The van der Waals surface area contributed by atoms with Crippen molar-refractivity contribution in [1.82, 2.24) is 10.1 Å². The van der Waals surface area contributed by atoms with Gasteiger partial charge in [-0.25, -0.2) is 4.98 Å². The molecule has 0 saturated heterocycles. The van der Waals surface area contributed by atoms with Gasteiger partial charge in [-0.05, 0) is 43.8 Å². The largest absolute Gasteiger partial charge is 0.363 e. The van der Waals surface area contributed by atoms with Crippen molar-refractivity contribution in [2.24, 2.45) is 0 Å². The summed E-state index contributed by atoms with van der Waals surface area (Å²) in [5.74, 6) is 4.08. The van der Waals surface area contributed by atoms with E-state index in [9.17, 15) is 0 Å². The molecule has 6 heteroatoms. The molecular weight excluding hydrogens is 274 g/mol. The van der Waals surface area contributed by atoms with Crippen LogP contribution in [0, 0.1) is 26.2 Å². The van der Waals surface area contributed by atoms with E-state index in [-0.39, 0.29) is 0 Å². The van der Waals surface area contributed by atoms with Gasteiger partial charge in [0.15, 0.2) is 5.82 Å². The SMILES string of the molecule is C#Cc1ncccc1SN(COC)c1noc(C)c1C. The number of anilines is 1. The standard InChI is InChI=1S/C14H15N3O2S/c1-5-12-13(7-6-8-15-12)20-17(9-18-4)14-10(2)11(3)19-16-14/h1,6-8H,9H2,2-4H3. The van der Waals surface area contributed by atoms with Crippen LogP contribution in [-0.4, -0.2) is 24.0 Å². The van der Waals surface area contributed by atoms with Crippen LogP contribution in [0.25, 0.3) is 0 Å². The van der Waals surface area contributed by atoms with Crippen molar-refractivity contribution in [3.63, 3.8) is 0 Å². The highest BCUT2D eigenvalue weighted by Crippen LogP contribution is 2.32. The van der Waals surface area contributed by atoms with E-state index >= 15 is 0 Å². The van der Waals surface area contributed by atoms with Crippen LogP contribution in [0.15, 0.2) is 27.7 Å². The van der Waals surface area contributed by atoms with Gasteiger partial charge < -0.3 is 9.26 Å². The minimum Gasteiger partial charge on any atom is -0.363 e. The van der Waals surface area contributed by atoms with Gasteiger partial charge in [-0.3, -0.25) is 4.31 Å². The van der Waals surface area contributed by atoms with Crippen molar-refractivity contribution in [3.8, 4) is 12.3 Å². The molecule has 0 unspecified atom stereocenters. The molecule has 2 aromatic heterocycles. The first-order chi connectivity index (χ1) is 9.67. The van der Waals surface area contributed by atoms with E-state index in [0.29, 0.717) is 12.4 Å². The summed E-state index contributed by atoms with van der Waals surface area (Å²) in [5, 5.41) is 4.06. The summed E-state index contributed by atoms with van der Waals surface area (Å²) in [4.78, 5) is 5.03. The van der Waals surface area contributed by atoms with Crippen LogP contribution in [0.2, 0.25) is 0 Å². The fourth-order valence-electron chi connectivity index (χ4n) is 1.58. The molecular formula is C14H15N3O2S. The summed E-state index contributed by atoms with van der Waals surface area (Å²) in [6.45, 7) is 4.19. The zero-order chi connectivity index (χ0) is 14.5. The van der Waals surface area contributed by atoms with Crippen molar-refractivity contribution in [2.75, 3.05) is 18.1 Å². The third-order valence-corrected chi connectivity index (χ3v) is 3.76.